The number of carbonyl (C=O) groups is 1. The maximum atomic E-state index is 10.8. The average molecular weight is 170 g/mol. The van der Waals surface area contributed by atoms with Crippen LogP contribution in [0.5, 0.6) is 0 Å². The number of esters is 1. The lowest BCUT2D eigenvalue weighted by molar-refractivity contribution is -0.137. The summed E-state index contributed by atoms with van der Waals surface area (Å²) >= 11 is 0. The molecule has 1 aliphatic heterocycles. The van der Waals surface area contributed by atoms with E-state index < -0.39 is 0 Å². The summed E-state index contributed by atoms with van der Waals surface area (Å²) in [6, 6.07) is 0. The molecule has 1 fully saturated rings. The molecule has 0 aromatic carbocycles. The summed E-state index contributed by atoms with van der Waals surface area (Å²) in [5.41, 5.74) is 0. The SMILES string of the molecule is CCOC(=O)C=CC1CCOC1. The Kier molecular flexibility index (Phi) is 3.80. The number of ether oxygens (including phenoxy) is 2. The van der Waals surface area contributed by atoms with Gasteiger partial charge in [0.2, 0.25) is 0 Å². The van der Waals surface area contributed by atoms with Crippen molar-refractivity contribution >= 4 is 5.97 Å². The Bertz CT molecular complexity index is 169. The monoisotopic (exact) mass is 170 g/mol. The fourth-order valence-corrected chi connectivity index (χ4v) is 1.11. The third-order valence-electron chi connectivity index (χ3n) is 1.76. The van der Waals surface area contributed by atoms with Crippen LogP contribution >= 0.6 is 0 Å². The topological polar surface area (TPSA) is 35.5 Å². The molecule has 3 heteroatoms. The van der Waals surface area contributed by atoms with Crippen LogP contribution in [-0.2, 0) is 14.3 Å². The first-order valence-corrected chi connectivity index (χ1v) is 4.25. The fraction of sp³-hybridized carbons (Fsp3) is 0.667. The summed E-state index contributed by atoms with van der Waals surface area (Å²) in [7, 11) is 0. The normalized spacial score (nSPS) is 23.2. The molecule has 0 spiro atoms. The predicted octanol–water partition coefficient (Wildman–Crippen LogP) is 1.14. The summed E-state index contributed by atoms with van der Waals surface area (Å²) in [5, 5.41) is 0. The molecule has 1 aliphatic rings. The molecule has 0 aromatic heterocycles. The molecule has 1 saturated heterocycles. The Morgan fingerprint density at radius 2 is 2.58 bits per heavy atom. The molecule has 0 bridgehead atoms. The van der Waals surface area contributed by atoms with Crippen molar-refractivity contribution in [3.05, 3.63) is 12.2 Å². The smallest absolute Gasteiger partial charge is 0.330 e. The summed E-state index contributed by atoms with van der Waals surface area (Å²) in [5.74, 6) is 0.138. The van der Waals surface area contributed by atoms with Crippen molar-refractivity contribution in [2.75, 3.05) is 19.8 Å². The van der Waals surface area contributed by atoms with Gasteiger partial charge in [-0.1, -0.05) is 6.08 Å². The summed E-state index contributed by atoms with van der Waals surface area (Å²) < 4.78 is 9.88. The molecule has 0 saturated carbocycles. The number of hydrogen-bond donors (Lipinski definition) is 0. The number of hydrogen-bond acceptors (Lipinski definition) is 3. The van der Waals surface area contributed by atoms with Crippen LogP contribution in [0.4, 0.5) is 0 Å². The van der Waals surface area contributed by atoms with Gasteiger partial charge in [-0.15, -0.1) is 0 Å². The van der Waals surface area contributed by atoms with Gasteiger partial charge in [0, 0.05) is 18.6 Å². The van der Waals surface area contributed by atoms with Crippen LogP contribution in [-0.4, -0.2) is 25.8 Å². The molecular weight excluding hydrogens is 156 g/mol. The first-order chi connectivity index (χ1) is 5.83. The highest BCUT2D eigenvalue weighted by Crippen LogP contribution is 2.13. The maximum absolute atomic E-state index is 10.8. The van der Waals surface area contributed by atoms with Crippen LogP contribution in [0.15, 0.2) is 12.2 Å². The summed E-state index contributed by atoms with van der Waals surface area (Å²) in [6.07, 6.45) is 4.36. The van der Waals surface area contributed by atoms with E-state index in [1.165, 1.54) is 6.08 Å². The summed E-state index contributed by atoms with van der Waals surface area (Å²) in [6.45, 7) is 3.77. The third-order valence-corrected chi connectivity index (χ3v) is 1.76. The molecule has 0 N–H and O–H groups in total. The van der Waals surface area contributed by atoms with Gasteiger partial charge in [0.15, 0.2) is 0 Å². The zero-order valence-corrected chi connectivity index (χ0v) is 7.29. The molecule has 0 aliphatic carbocycles. The van der Waals surface area contributed by atoms with Gasteiger partial charge in [-0.2, -0.15) is 0 Å². The Labute approximate surface area is 72.4 Å². The maximum Gasteiger partial charge on any atom is 0.330 e. The summed E-state index contributed by atoms with van der Waals surface area (Å²) in [4.78, 5) is 10.8. The van der Waals surface area contributed by atoms with Gasteiger partial charge in [-0.25, -0.2) is 4.79 Å². The largest absolute Gasteiger partial charge is 0.463 e. The van der Waals surface area contributed by atoms with E-state index in [-0.39, 0.29) is 5.97 Å². The van der Waals surface area contributed by atoms with Crippen LogP contribution in [0.25, 0.3) is 0 Å². The second-order valence-corrected chi connectivity index (χ2v) is 2.73. The van der Waals surface area contributed by atoms with Crippen molar-refractivity contribution in [3.63, 3.8) is 0 Å². The van der Waals surface area contributed by atoms with Gasteiger partial charge in [0.1, 0.15) is 0 Å². The Balaban J connectivity index is 2.23. The zero-order chi connectivity index (χ0) is 8.81. The van der Waals surface area contributed by atoms with E-state index in [9.17, 15) is 4.79 Å². The molecule has 0 aromatic rings. The first kappa shape index (κ1) is 9.26. The van der Waals surface area contributed by atoms with Crippen molar-refractivity contribution < 1.29 is 14.3 Å². The van der Waals surface area contributed by atoms with Crippen LogP contribution in [0.2, 0.25) is 0 Å². The zero-order valence-electron chi connectivity index (χ0n) is 7.29. The highest BCUT2D eigenvalue weighted by Gasteiger charge is 2.12. The second kappa shape index (κ2) is 4.93. The Morgan fingerprint density at radius 3 is 3.17 bits per heavy atom. The minimum absolute atomic E-state index is 0.260. The van der Waals surface area contributed by atoms with E-state index in [0.717, 1.165) is 19.6 Å². The Morgan fingerprint density at radius 1 is 1.75 bits per heavy atom. The van der Waals surface area contributed by atoms with Crippen molar-refractivity contribution in [1.29, 1.82) is 0 Å². The fourth-order valence-electron chi connectivity index (χ4n) is 1.11. The lowest BCUT2D eigenvalue weighted by atomic mass is 10.1. The molecule has 0 radical (unpaired) electrons. The van der Waals surface area contributed by atoms with Crippen molar-refractivity contribution in [3.8, 4) is 0 Å². The third kappa shape index (κ3) is 3.05. The minimum atomic E-state index is -0.260. The molecule has 68 valence electrons. The van der Waals surface area contributed by atoms with Gasteiger partial charge < -0.3 is 9.47 Å². The van der Waals surface area contributed by atoms with Crippen LogP contribution < -0.4 is 0 Å². The first-order valence-electron chi connectivity index (χ1n) is 4.25. The molecule has 1 atom stereocenters. The van der Waals surface area contributed by atoms with Gasteiger partial charge >= 0.3 is 5.97 Å². The predicted molar refractivity (Wildman–Crippen MR) is 44.7 cm³/mol. The standard InChI is InChI=1S/C9H14O3/c1-2-12-9(10)4-3-8-5-6-11-7-8/h3-4,8H,2,5-7H2,1H3. The molecular formula is C9H14O3. The molecule has 3 nitrogen and oxygen atoms in total. The average Bonchev–Trinajstić information content (AvgIpc) is 2.53. The lowest BCUT2D eigenvalue weighted by Gasteiger charge is -1.98. The van der Waals surface area contributed by atoms with Gasteiger partial charge in [-0.3, -0.25) is 0 Å². The van der Waals surface area contributed by atoms with E-state index >= 15 is 0 Å². The van der Waals surface area contributed by atoms with E-state index in [1.807, 2.05) is 6.08 Å². The van der Waals surface area contributed by atoms with Crippen LogP contribution in [0, 0.1) is 5.92 Å². The number of rotatable bonds is 3. The second-order valence-electron chi connectivity index (χ2n) is 2.73. The molecule has 1 heterocycles. The highest BCUT2D eigenvalue weighted by molar-refractivity contribution is 5.81. The molecule has 1 rings (SSSR count). The van der Waals surface area contributed by atoms with Gasteiger partial charge in [0.05, 0.1) is 13.2 Å². The van der Waals surface area contributed by atoms with Crippen LogP contribution in [0.1, 0.15) is 13.3 Å². The van der Waals surface area contributed by atoms with Gasteiger partial charge in [-0.05, 0) is 13.3 Å². The van der Waals surface area contributed by atoms with E-state index in [0.29, 0.717) is 12.5 Å². The van der Waals surface area contributed by atoms with E-state index in [2.05, 4.69) is 0 Å². The minimum Gasteiger partial charge on any atom is -0.463 e. The van der Waals surface area contributed by atoms with Crippen molar-refractivity contribution in [2.24, 2.45) is 5.92 Å². The van der Waals surface area contributed by atoms with E-state index in [4.69, 9.17) is 9.47 Å². The quantitative estimate of drug-likeness (QED) is 0.470. The highest BCUT2D eigenvalue weighted by atomic mass is 16.5. The van der Waals surface area contributed by atoms with E-state index in [1.54, 1.807) is 6.92 Å². The molecule has 1 unspecified atom stereocenters. The molecule has 0 amide bonds. The molecule has 12 heavy (non-hydrogen) atoms. The Hall–Kier alpha value is -0.830. The van der Waals surface area contributed by atoms with Crippen molar-refractivity contribution in [1.82, 2.24) is 0 Å². The number of carbonyl (C=O) groups excluding carboxylic acids is 1. The van der Waals surface area contributed by atoms with Crippen molar-refractivity contribution in [2.45, 2.75) is 13.3 Å². The lowest BCUT2D eigenvalue weighted by Crippen LogP contribution is -2.01. The van der Waals surface area contributed by atoms with Gasteiger partial charge in [0.25, 0.3) is 0 Å². The van der Waals surface area contributed by atoms with Crippen LogP contribution in [0.3, 0.4) is 0 Å².